The van der Waals surface area contributed by atoms with Crippen molar-refractivity contribution in [2.24, 2.45) is 0 Å². The molecular formula is C6H10BrNSSn. The van der Waals surface area contributed by atoms with Crippen LogP contribution in [0, 0.1) is 0 Å². The number of halogens is 1. The van der Waals surface area contributed by atoms with Gasteiger partial charge in [-0.05, 0) is 0 Å². The number of hydrogen-bond donors (Lipinski definition) is 0. The van der Waals surface area contributed by atoms with Crippen LogP contribution in [0.4, 0.5) is 0 Å². The monoisotopic (exact) mass is 327 g/mol. The fourth-order valence-corrected chi connectivity index (χ4v) is 7.24. The first-order valence-electron chi connectivity index (χ1n) is 3.11. The third-order valence-corrected chi connectivity index (χ3v) is 11.6. The van der Waals surface area contributed by atoms with Gasteiger partial charge in [-0.2, -0.15) is 0 Å². The van der Waals surface area contributed by atoms with Crippen molar-refractivity contribution in [1.29, 1.82) is 0 Å². The summed E-state index contributed by atoms with van der Waals surface area (Å²) in [5.74, 6) is 0. The summed E-state index contributed by atoms with van der Waals surface area (Å²) in [6, 6.07) is 0. The third kappa shape index (κ3) is 2.20. The Bertz CT molecular complexity index is 228. The second-order valence-corrected chi connectivity index (χ2v) is 20.1. The van der Waals surface area contributed by atoms with Gasteiger partial charge in [-0.3, -0.25) is 0 Å². The quantitative estimate of drug-likeness (QED) is 0.722. The number of rotatable bonds is 1. The van der Waals surface area contributed by atoms with Crippen LogP contribution < -0.4 is 3.02 Å². The zero-order valence-electron chi connectivity index (χ0n) is 6.31. The van der Waals surface area contributed by atoms with Crippen LogP contribution in [0.25, 0.3) is 0 Å². The summed E-state index contributed by atoms with van der Waals surface area (Å²) >= 11 is 3.34. The molecule has 4 heteroatoms. The molecule has 0 aromatic carbocycles. The fraction of sp³-hybridized carbons (Fsp3) is 0.500. The molecule has 0 unspecified atom stereocenters. The van der Waals surface area contributed by atoms with Crippen molar-refractivity contribution >= 4 is 48.7 Å². The summed E-state index contributed by atoms with van der Waals surface area (Å²) in [4.78, 5) is 11.5. The van der Waals surface area contributed by atoms with Crippen LogP contribution in [-0.2, 0) is 0 Å². The Balaban J connectivity index is 2.96. The van der Waals surface area contributed by atoms with E-state index in [1.165, 1.54) is 3.02 Å². The van der Waals surface area contributed by atoms with E-state index >= 15 is 0 Å². The zero-order chi connectivity index (χ0) is 7.78. The maximum atomic E-state index is 4.41. The van der Waals surface area contributed by atoms with Crippen LogP contribution in [0.1, 0.15) is 0 Å². The second kappa shape index (κ2) is 3.11. The Hall–Kier alpha value is 0.909. The number of nitrogens with zero attached hydrogens (tertiary/aromatic N) is 1. The molecule has 1 aromatic rings. The van der Waals surface area contributed by atoms with Crippen molar-refractivity contribution in [2.45, 2.75) is 14.8 Å². The van der Waals surface area contributed by atoms with E-state index in [1.54, 1.807) is 11.3 Å². The summed E-state index contributed by atoms with van der Waals surface area (Å²) in [6.07, 6.45) is 0. The minimum absolute atomic E-state index is 0.999. The normalized spacial score (nSPS) is 12.0. The number of hydrogen-bond acceptors (Lipinski definition) is 2. The average Bonchev–Trinajstić information content (AvgIpc) is 2.11. The molecule has 0 aliphatic heterocycles. The van der Waals surface area contributed by atoms with Crippen LogP contribution >= 0.6 is 27.3 Å². The molecule has 1 heterocycles. The fourth-order valence-electron chi connectivity index (χ4n) is 0.599. The SMILES string of the molecule is [CH3][Sn]([CH3])([CH3])[c]1nc(Br)cs1. The Kier molecular flexibility index (Phi) is 2.80. The molecule has 0 saturated heterocycles. The summed E-state index contributed by atoms with van der Waals surface area (Å²) in [7, 11) is 0. The van der Waals surface area contributed by atoms with Crippen molar-refractivity contribution < 1.29 is 0 Å². The second-order valence-electron chi connectivity index (χ2n) is 3.23. The van der Waals surface area contributed by atoms with Gasteiger partial charge in [0.05, 0.1) is 0 Å². The first-order chi connectivity index (χ1) is 4.50. The topological polar surface area (TPSA) is 12.9 Å². The molecule has 10 heavy (non-hydrogen) atoms. The number of aromatic nitrogens is 1. The minimum atomic E-state index is -1.81. The molecule has 0 spiro atoms. The molecule has 0 radical (unpaired) electrons. The predicted molar refractivity (Wildman–Crippen MR) is 52.8 cm³/mol. The summed E-state index contributed by atoms with van der Waals surface area (Å²) in [6.45, 7) is 0. The van der Waals surface area contributed by atoms with Crippen LogP contribution in [-0.4, -0.2) is 23.4 Å². The van der Waals surface area contributed by atoms with Crippen LogP contribution in [0.2, 0.25) is 14.8 Å². The van der Waals surface area contributed by atoms with Gasteiger partial charge >= 0.3 is 78.5 Å². The first-order valence-corrected chi connectivity index (χ1v) is 14.8. The van der Waals surface area contributed by atoms with E-state index in [0.29, 0.717) is 0 Å². The van der Waals surface area contributed by atoms with Gasteiger partial charge in [0.1, 0.15) is 0 Å². The zero-order valence-corrected chi connectivity index (χ0v) is 11.6. The number of thiazole rings is 1. The van der Waals surface area contributed by atoms with E-state index < -0.39 is 18.4 Å². The molecule has 1 rings (SSSR count). The van der Waals surface area contributed by atoms with Crippen LogP contribution in [0.5, 0.6) is 0 Å². The summed E-state index contributed by atoms with van der Waals surface area (Å²) in [5, 5.41) is 2.07. The third-order valence-electron chi connectivity index (χ3n) is 1.12. The molecular weight excluding hydrogens is 317 g/mol. The van der Waals surface area contributed by atoms with Crippen LogP contribution in [0.3, 0.4) is 0 Å². The predicted octanol–water partition coefficient (Wildman–Crippen LogP) is 2.45. The van der Waals surface area contributed by atoms with Crippen molar-refractivity contribution in [3.05, 3.63) is 9.98 Å². The van der Waals surface area contributed by atoms with Gasteiger partial charge in [0, 0.05) is 0 Å². The van der Waals surface area contributed by atoms with E-state index in [9.17, 15) is 0 Å². The maximum absolute atomic E-state index is 4.41. The van der Waals surface area contributed by atoms with E-state index in [0.717, 1.165) is 4.60 Å². The van der Waals surface area contributed by atoms with Crippen LogP contribution in [0.15, 0.2) is 9.98 Å². The van der Waals surface area contributed by atoms with Gasteiger partial charge in [-0.25, -0.2) is 0 Å². The van der Waals surface area contributed by atoms with Gasteiger partial charge in [-0.1, -0.05) is 0 Å². The molecule has 0 aliphatic carbocycles. The Morgan fingerprint density at radius 3 is 2.30 bits per heavy atom. The van der Waals surface area contributed by atoms with Crippen molar-refractivity contribution in [3.8, 4) is 0 Å². The average molecular weight is 327 g/mol. The van der Waals surface area contributed by atoms with Gasteiger partial charge < -0.3 is 0 Å². The Morgan fingerprint density at radius 2 is 2.10 bits per heavy atom. The van der Waals surface area contributed by atoms with Gasteiger partial charge in [-0.15, -0.1) is 0 Å². The van der Waals surface area contributed by atoms with Crippen molar-refractivity contribution in [3.63, 3.8) is 0 Å². The van der Waals surface area contributed by atoms with E-state index in [2.05, 4.69) is 41.1 Å². The van der Waals surface area contributed by atoms with E-state index in [-0.39, 0.29) is 0 Å². The molecule has 0 saturated carbocycles. The van der Waals surface area contributed by atoms with Crippen molar-refractivity contribution in [2.75, 3.05) is 0 Å². The van der Waals surface area contributed by atoms with Gasteiger partial charge in [0.25, 0.3) is 0 Å². The molecule has 1 nitrogen and oxygen atoms in total. The van der Waals surface area contributed by atoms with Gasteiger partial charge in [0.2, 0.25) is 0 Å². The molecule has 1 aromatic heterocycles. The van der Waals surface area contributed by atoms with E-state index in [1.807, 2.05) is 0 Å². The standard InChI is InChI=1S/C3HBrNS.3CH3.Sn/c4-3-1-6-2-5-3;;;;/h1H;3*1H3;. The molecule has 0 atom stereocenters. The van der Waals surface area contributed by atoms with Gasteiger partial charge in [0.15, 0.2) is 0 Å². The van der Waals surface area contributed by atoms with Crippen molar-refractivity contribution in [1.82, 2.24) is 4.98 Å². The molecule has 0 bridgehead atoms. The molecule has 0 amide bonds. The summed E-state index contributed by atoms with van der Waals surface area (Å²) in [5.41, 5.74) is 0. The Labute approximate surface area is 77.9 Å². The summed E-state index contributed by atoms with van der Waals surface area (Å²) < 4.78 is 2.39. The Morgan fingerprint density at radius 1 is 1.50 bits per heavy atom. The molecule has 0 fully saturated rings. The van der Waals surface area contributed by atoms with E-state index in [4.69, 9.17) is 0 Å². The first kappa shape index (κ1) is 9.00. The molecule has 56 valence electrons. The molecule has 0 N–H and O–H groups in total. The molecule has 0 aliphatic rings.